The van der Waals surface area contributed by atoms with Gasteiger partial charge in [0.1, 0.15) is 28.7 Å². The molecule has 0 amide bonds. The van der Waals surface area contributed by atoms with Crippen molar-refractivity contribution in [1.82, 2.24) is 0 Å². The smallest absolute Gasteiger partial charge is 0.342 e. The Hall–Kier alpha value is -3.98. The third-order valence-corrected chi connectivity index (χ3v) is 4.97. The maximum atomic E-state index is 12.8. The number of esters is 1. The quantitative estimate of drug-likeness (QED) is 0.662. The van der Waals surface area contributed by atoms with Crippen LogP contribution in [0.15, 0.2) is 66.1 Å². The summed E-state index contributed by atoms with van der Waals surface area (Å²) in [5.41, 5.74) is 8.97. The second-order valence-corrected chi connectivity index (χ2v) is 6.56. The van der Waals surface area contributed by atoms with Gasteiger partial charge in [0.05, 0.1) is 12.5 Å². The van der Waals surface area contributed by atoms with Gasteiger partial charge in [-0.25, -0.2) is 4.79 Å². The number of para-hydroxylation sites is 1. The number of nitrogens with two attached hydrogens (primary N) is 1. The van der Waals surface area contributed by atoms with Gasteiger partial charge in [0, 0.05) is 16.7 Å². The zero-order valence-electron chi connectivity index (χ0n) is 15.7. The first-order valence-corrected chi connectivity index (χ1v) is 9.15. The van der Waals surface area contributed by atoms with Crippen molar-refractivity contribution in [3.63, 3.8) is 0 Å². The molecule has 0 fully saturated rings. The molecule has 144 valence electrons. The number of fused-ring (bicyclic) bond motifs is 3. The van der Waals surface area contributed by atoms with Crippen molar-refractivity contribution in [3.05, 3.63) is 82.7 Å². The SMILES string of the molecule is CCOC(=O)c1c2cccccc-2c2c1OC(N)=C(C#N)C2c1ccccc1O. The highest BCUT2D eigenvalue weighted by Crippen LogP contribution is 2.53. The second kappa shape index (κ2) is 7.21. The lowest BCUT2D eigenvalue weighted by Gasteiger charge is -2.26. The Morgan fingerprint density at radius 3 is 2.55 bits per heavy atom. The van der Waals surface area contributed by atoms with Crippen LogP contribution in [0.1, 0.15) is 34.3 Å². The Morgan fingerprint density at radius 1 is 1.17 bits per heavy atom. The molecule has 3 aliphatic rings. The lowest BCUT2D eigenvalue weighted by Crippen LogP contribution is -2.21. The summed E-state index contributed by atoms with van der Waals surface area (Å²) in [4.78, 5) is 12.8. The fourth-order valence-corrected chi connectivity index (χ4v) is 3.79. The van der Waals surface area contributed by atoms with Gasteiger partial charge in [-0.2, -0.15) is 5.26 Å². The van der Waals surface area contributed by atoms with E-state index in [1.165, 1.54) is 0 Å². The number of benzene rings is 1. The summed E-state index contributed by atoms with van der Waals surface area (Å²) >= 11 is 0. The minimum atomic E-state index is -0.682. The molecule has 1 aliphatic heterocycles. The molecule has 0 spiro atoms. The summed E-state index contributed by atoms with van der Waals surface area (Å²) in [6.07, 6.45) is 0. The lowest BCUT2D eigenvalue weighted by atomic mass is 9.82. The molecule has 2 aliphatic carbocycles. The summed E-state index contributed by atoms with van der Waals surface area (Å²) in [6, 6.07) is 18.0. The van der Waals surface area contributed by atoms with E-state index in [0.29, 0.717) is 16.7 Å². The molecular weight excluding hydrogens is 368 g/mol. The minimum Gasteiger partial charge on any atom is -0.508 e. The highest BCUT2D eigenvalue weighted by atomic mass is 16.5. The molecule has 6 nitrogen and oxygen atoms in total. The number of nitriles is 1. The van der Waals surface area contributed by atoms with Crippen molar-refractivity contribution in [1.29, 1.82) is 5.26 Å². The van der Waals surface area contributed by atoms with Gasteiger partial charge in [-0.3, -0.25) is 0 Å². The average molecular weight is 386 g/mol. The number of aromatic hydroxyl groups is 1. The number of carbonyl (C=O) groups excluding carboxylic acids is 1. The van der Waals surface area contributed by atoms with Crippen LogP contribution in [0.5, 0.6) is 11.5 Å². The van der Waals surface area contributed by atoms with E-state index < -0.39 is 11.9 Å². The first-order chi connectivity index (χ1) is 14.1. The average Bonchev–Trinajstić information content (AvgIpc) is 2.84. The van der Waals surface area contributed by atoms with Gasteiger partial charge in [-0.15, -0.1) is 0 Å². The second-order valence-electron chi connectivity index (χ2n) is 6.56. The third-order valence-electron chi connectivity index (χ3n) is 4.97. The molecule has 3 N–H and O–H groups in total. The maximum absolute atomic E-state index is 12.8. The van der Waals surface area contributed by atoms with Crippen LogP contribution in [-0.2, 0) is 4.74 Å². The molecule has 1 atom stereocenters. The van der Waals surface area contributed by atoms with Gasteiger partial charge in [0.15, 0.2) is 0 Å². The van der Waals surface area contributed by atoms with E-state index in [1.54, 1.807) is 37.3 Å². The number of hydrogen-bond acceptors (Lipinski definition) is 6. The Kier molecular flexibility index (Phi) is 4.57. The van der Waals surface area contributed by atoms with E-state index in [2.05, 4.69) is 6.07 Å². The minimum absolute atomic E-state index is 0.0261. The number of rotatable bonds is 3. The van der Waals surface area contributed by atoms with Crippen LogP contribution in [0.4, 0.5) is 0 Å². The van der Waals surface area contributed by atoms with Gasteiger partial charge in [-0.1, -0.05) is 48.5 Å². The van der Waals surface area contributed by atoms with E-state index in [0.717, 1.165) is 5.56 Å². The van der Waals surface area contributed by atoms with E-state index in [1.807, 2.05) is 24.3 Å². The number of phenols is 1. The fourth-order valence-electron chi connectivity index (χ4n) is 3.79. The van der Waals surface area contributed by atoms with E-state index in [-0.39, 0.29) is 35.1 Å². The molecule has 0 saturated heterocycles. The van der Waals surface area contributed by atoms with Crippen molar-refractivity contribution >= 4 is 5.97 Å². The van der Waals surface area contributed by atoms with Gasteiger partial charge in [0.2, 0.25) is 5.88 Å². The summed E-state index contributed by atoms with van der Waals surface area (Å²) in [6.45, 7) is 1.93. The van der Waals surface area contributed by atoms with Crippen LogP contribution in [0.2, 0.25) is 0 Å². The molecular formula is C23H18N2O4. The van der Waals surface area contributed by atoms with E-state index in [9.17, 15) is 15.2 Å². The summed E-state index contributed by atoms with van der Waals surface area (Å²) < 4.78 is 11.0. The molecule has 1 aromatic rings. The number of allylic oxidation sites excluding steroid dienone is 1. The number of carbonyl (C=O) groups is 1. The largest absolute Gasteiger partial charge is 0.508 e. The lowest BCUT2D eigenvalue weighted by molar-refractivity contribution is 0.0524. The van der Waals surface area contributed by atoms with Crippen LogP contribution in [0.3, 0.4) is 0 Å². The topological polar surface area (TPSA) is 106 Å². The Balaban J connectivity index is 2.09. The van der Waals surface area contributed by atoms with Crippen LogP contribution in [0, 0.1) is 11.3 Å². The molecule has 0 bridgehead atoms. The highest BCUT2D eigenvalue weighted by Gasteiger charge is 2.40. The van der Waals surface area contributed by atoms with Crippen LogP contribution >= 0.6 is 0 Å². The van der Waals surface area contributed by atoms with Gasteiger partial charge < -0.3 is 20.3 Å². The standard InChI is InChI=1S/C23H18N2O4/c1-2-28-23(27)20-14-9-5-3-4-8-13(14)19-18(15-10-6-7-11-17(15)26)16(12-24)22(25)29-21(19)20/h3-11,18,26H,2,25H2,1H3. The number of hydrogen-bond donors (Lipinski definition) is 2. The van der Waals surface area contributed by atoms with Crippen molar-refractivity contribution in [2.45, 2.75) is 12.8 Å². The molecule has 1 heterocycles. The Labute approximate surface area is 167 Å². The maximum Gasteiger partial charge on any atom is 0.342 e. The van der Waals surface area contributed by atoms with Crippen molar-refractivity contribution in [3.8, 4) is 28.7 Å². The zero-order valence-corrected chi connectivity index (χ0v) is 15.7. The van der Waals surface area contributed by atoms with Crippen molar-refractivity contribution in [2.24, 2.45) is 5.73 Å². The Bertz CT molecular complexity index is 1160. The van der Waals surface area contributed by atoms with E-state index in [4.69, 9.17) is 15.2 Å². The first kappa shape index (κ1) is 18.4. The van der Waals surface area contributed by atoms with Gasteiger partial charge >= 0.3 is 5.97 Å². The highest BCUT2D eigenvalue weighted by molar-refractivity contribution is 6.05. The molecule has 1 aromatic carbocycles. The van der Waals surface area contributed by atoms with Gasteiger partial charge in [-0.05, 0) is 18.6 Å². The molecule has 0 radical (unpaired) electrons. The zero-order chi connectivity index (χ0) is 20.5. The number of nitrogens with zero attached hydrogens (tertiary/aromatic N) is 1. The normalized spacial score (nSPS) is 15.4. The molecule has 0 aromatic heterocycles. The first-order valence-electron chi connectivity index (χ1n) is 9.15. The van der Waals surface area contributed by atoms with Crippen LogP contribution in [-0.4, -0.2) is 17.7 Å². The van der Waals surface area contributed by atoms with Gasteiger partial charge in [0.25, 0.3) is 0 Å². The molecule has 0 saturated carbocycles. The van der Waals surface area contributed by atoms with E-state index >= 15 is 0 Å². The summed E-state index contributed by atoms with van der Waals surface area (Å²) in [5, 5.41) is 20.3. The fraction of sp³-hybridized carbons (Fsp3) is 0.130. The van der Waals surface area contributed by atoms with Crippen LogP contribution < -0.4 is 10.5 Å². The predicted molar refractivity (Wildman–Crippen MR) is 106 cm³/mol. The Morgan fingerprint density at radius 2 is 1.86 bits per heavy atom. The summed E-state index contributed by atoms with van der Waals surface area (Å²) in [7, 11) is 0. The molecule has 4 rings (SSSR count). The molecule has 29 heavy (non-hydrogen) atoms. The van der Waals surface area contributed by atoms with Crippen LogP contribution in [0.25, 0.3) is 11.1 Å². The molecule has 1 unspecified atom stereocenters. The predicted octanol–water partition coefficient (Wildman–Crippen LogP) is 3.89. The monoisotopic (exact) mass is 386 g/mol. The van der Waals surface area contributed by atoms with Crippen molar-refractivity contribution < 1.29 is 19.4 Å². The molecule has 6 heteroatoms. The summed E-state index contributed by atoms with van der Waals surface area (Å²) in [5.74, 6) is -1.03. The number of ether oxygens (including phenoxy) is 2. The van der Waals surface area contributed by atoms with Crippen molar-refractivity contribution in [2.75, 3.05) is 6.61 Å². The third kappa shape index (κ3) is 2.84. The number of phenolic OH excluding ortho intramolecular Hbond substituents is 1.